The van der Waals surface area contributed by atoms with Gasteiger partial charge in [-0.15, -0.1) is 0 Å². The van der Waals surface area contributed by atoms with Crippen LogP contribution in [0.5, 0.6) is 0 Å². The molecular formula is C24H23F2N3O4. The zero-order valence-electron chi connectivity index (χ0n) is 18.6. The minimum Gasteiger partial charge on any atom is -0.459 e. The number of hydrogen-bond donors (Lipinski definition) is 2. The molecule has 1 aromatic carbocycles. The molecule has 0 unspecified atom stereocenters. The van der Waals surface area contributed by atoms with Crippen LogP contribution in [0.25, 0.3) is 16.6 Å². The number of nitrogens with zero attached hydrogens (tertiary/aromatic N) is 1. The van der Waals surface area contributed by atoms with Crippen LogP contribution in [0.3, 0.4) is 0 Å². The lowest BCUT2D eigenvalue weighted by Crippen LogP contribution is -2.37. The Morgan fingerprint density at radius 3 is 2.48 bits per heavy atom. The molecule has 3 aromatic rings. The van der Waals surface area contributed by atoms with E-state index in [0.717, 1.165) is 17.7 Å². The Bertz CT molecular complexity index is 1370. The number of aromatic nitrogens is 2. The number of halogens is 2. The average Bonchev–Trinajstić information content (AvgIpc) is 3.05. The van der Waals surface area contributed by atoms with E-state index in [4.69, 9.17) is 4.74 Å². The fourth-order valence-corrected chi connectivity index (χ4v) is 4.14. The molecule has 2 N–H and O–H groups in total. The molecule has 2 aromatic heterocycles. The number of pyridine rings is 1. The SMILES string of the molecule is CC(C)OC(=O)C1=CN(C(=O)c2ccc(F)c(F)c2)CC(C)(C)c2c1[nH]c1[nH]c(=O)ccc21. The summed E-state index contributed by atoms with van der Waals surface area (Å²) in [5.41, 5.74) is 0.612. The second-order valence-corrected chi connectivity index (χ2v) is 8.93. The zero-order valence-corrected chi connectivity index (χ0v) is 18.6. The normalized spacial score (nSPS) is 15.2. The van der Waals surface area contributed by atoms with Crippen molar-refractivity contribution in [2.24, 2.45) is 0 Å². The monoisotopic (exact) mass is 455 g/mol. The topological polar surface area (TPSA) is 95.3 Å². The van der Waals surface area contributed by atoms with Crippen molar-refractivity contribution < 1.29 is 23.1 Å². The molecule has 0 radical (unpaired) electrons. The van der Waals surface area contributed by atoms with Crippen molar-refractivity contribution in [1.29, 1.82) is 0 Å². The molecule has 0 atom stereocenters. The third-order valence-electron chi connectivity index (χ3n) is 5.47. The van der Waals surface area contributed by atoms with E-state index in [1.165, 1.54) is 23.2 Å². The van der Waals surface area contributed by atoms with E-state index in [1.54, 1.807) is 19.9 Å². The van der Waals surface area contributed by atoms with Gasteiger partial charge < -0.3 is 19.6 Å². The molecule has 9 heteroatoms. The number of nitrogens with one attached hydrogen (secondary N) is 2. The van der Waals surface area contributed by atoms with Gasteiger partial charge in [-0.3, -0.25) is 9.59 Å². The molecule has 33 heavy (non-hydrogen) atoms. The number of amides is 1. The van der Waals surface area contributed by atoms with Crippen LogP contribution < -0.4 is 5.56 Å². The van der Waals surface area contributed by atoms with Crippen LogP contribution in [0, 0.1) is 11.6 Å². The van der Waals surface area contributed by atoms with Crippen LogP contribution in [0.15, 0.2) is 41.3 Å². The lowest BCUT2D eigenvalue weighted by atomic mass is 9.82. The smallest absolute Gasteiger partial charge is 0.342 e. The third kappa shape index (κ3) is 4.06. The van der Waals surface area contributed by atoms with Gasteiger partial charge in [0, 0.05) is 35.2 Å². The summed E-state index contributed by atoms with van der Waals surface area (Å²) in [5, 5.41) is 0.694. The fourth-order valence-electron chi connectivity index (χ4n) is 4.14. The molecule has 172 valence electrons. The Morgan fingerprint density at radius 2 is 1.82 bits per heavy atom. The number of fused-ring (bicyclic) bond motifs is 3. The predicted molar refractivity (Wildman–Crippen MR) is 119 cm³/mol. The number of benzene rings is 1. The number of H-pyrrole nitrogens is 2. The summed E-state index contributed by atoms with van der Waals surface area (Å²) in [6.07, 6.45) is 0.938. The highest BCUT2D eigenvalue weighted by Gasteiger charge is 2.38. The summed E-state index contributed by atoms with van der Waals surface area (Å²) in [7, 11) is 0. The molecule has 0 spiro atoms. The second kappa shape index (κ2) is 7.99. The van der Waals surface area contributed by atoms with Crippen molar-refractivity contribution in [2.45, 2.75) is 39.2 Å². The van der Waals surface area contributed by atoms with Crippen molar-refractivity contribution in [3.63, 3.8) is 0 Å². The lowest BCUT2D eigenvalue weighted by Gasteiger charge is -2.29. The highest BCUT2D eigenvalue weighted by Crippen LogP contribution is 2.40. The fraction of sp³-hybridized carbons (Fsp3) is 0.292. The van der Waals surface area contributed by atoms with Gasteiger partial charge in [-0.2, -0.15) is 0 Å². The molecule has 0 aliphatic carbocycles. The van der Waals surface area contributed by atoms with Gasteiger partial charge in [0.15, 0.2) is 11.6 Å². The quantitative estimate of drug-likeness (QED) is 0.587. The molecule has 1 aliphatic rings. The zero-order chi connectivity index (χ0) is 24.1. The first-order chi connectivity index (χ1) is 15.5. The predicted octanol–water partition coefficient (Wildman–Crippen LogP) is 3.86. The molecule has 7 nitrogen and oxygen atoms in total. The molecule has 1 aliphatic heterocycles. The lowest BCUT2D eigenvalue weighted by molar-refractivity contribution is -0.140. The van der Waals surface area contributed by atoms with Crippen LogP contribution in [-0.2, 0) is 14.9 Å². The largest absolute Gasteiger partial charge is 0.459 e. The number of ether oxygens (including phenoxy) is 1. The number of carbonyl (C=O) groups is 2. The minimum absolute atomic E-state index is 0.0581. The summed E-state index contributed by atoms with van der Waals surface area (Å²) in [6, 6.07) is 5.95. The Balaban J connectivity index is 1.91. The van der Waals surface area contributed by atoms with Gasteiger partial charge in [-0.25, -0.2) is 13.6 Å². The van der Waals surface area contributed by atoms with Crippen LogP contribution in [0.2, 0.25) is 0 Å². The number of hydrogen-bond acceptors (Lipinski definition) is 4. The van der Waals surface area contributed by atoms with Crippen molar-refractivity contribution in [3.8, 4) is 0 Å². The van der Waals surface area contributed by atoms with E-state index in [1.807, 2.05) is 13.8 Å². The number of esters is 1. The van der Waals surface area contributed by atoms with Gasteiger partial charge in [0.25, 0.3) is 5.91 Å². The summed E-state index contributed by atoms with van der Waals surface area (Å²) >= 11 is 0. The van der Waals surface area contributed by atoms with Crippen molar-refractivity contribution in [1.82, 2.24) is 14.9 Å². The van der Waals surface area contributed by atoms with E-state index < -0.39 is 35.0 Å². The maximum absolute atomic E-state index is 13.8. The highest BCUT2D eigenvalue weighted by atomic mass is 19.2. The molecule has 0 saturated heterocycles. The van der Waals surface area contributed by atoms with E-state index >= 15 is 0 Å². The third-order valence-corrected chi connectivity index (χ3v) is 5.47. The minimum atomic E-state index is -1.14. The van der Waals surface area contributed by atoms with Gasteiger partial charge in [-0.05, 0) is 43.7 Å². The van der Waals surface area contributed by atoms with Gasteiger partial charge in [-0.1, -0.05) is 13.8 Å². The number of aromatic amines is 2. The number of rotatable bonds is 3. The van der Waals surface area contributed by atoms with Crippen molar-refractivity contribution in [2.75, 3.05) is 6.54 Å². The maximum atomic E-state index is 13.8. The maximum Gasteiger partial charge on any atom is 0.342 e. The van der Waals surface area contributed by atoms with Crippen LogP contribution in [-0.4, -0.2) is 39.4 Å². The Labute approximate surface area is 188 Å². The highest BCUT2D eigenvalue weighted by molar-refractivity contribution is 6.18. The summed E-state index contributed by atoms with van der Waals surface area (Å²) < 4.78 is 32.6. The Morgan fingerprint density at radius 1 is 1.09 bits per heavy atom. The van der Waals surface area contributed by atoms with Gasteiger partial charge in [0.05, 0.1) is 17.4 Å². The Kier molecular flexibility index (Phi) is 5.43. The van der Waals surface area contributed by atoms with E-state index in [-0.39, 0.29) is 23.2 Å². The molecule has 0 fully saturated rings. The first-order valence-electron chi connectivity index (χ1n) is 10.4. The molecule has 3 heterocycles. The first-order valence-corrected chi connectivity index (χ1v) is 10.4. The molecular weight excluding hydrogens is 432 g/mol. The number of carbonyl (C=O) groups excluding carboxylic acids is 2. The molecule has 4 rings (SSSR count). The van der Waals surface area contributed by atoms with Crippen molar-refractivity contribution >= 4 is 28.5 Å². The van der Waals surface area contributed by atoms with E-state index in [9.17, 15) is 23.2 Å². The van der Waals surface area contributed by atoms with Gasteiger partial charge in [0.1, 0.15) is 5.65 Å². The van der Waals surface area contributed by atoms with Crippen LogP contribution in [0.1, 0.15) is 49.3 Å². The van der Waals surface area contributed by atoms with Crippen LogP contribution in [0.4, 0.5) is 8.78 Å². The summed E-state index contributed by atoms with van der Waals surface area (Å²) in [5.74, 6) is -3.46. The second-order valence-electron chi connectivity index (χ2n) is 8.93. The molecule has 0 bridgehead atoms. The van der Waals surface area contributed by atoms with Crippen LogP contribution >= 0.6 is 0 Å². The summed E-state index contributed by atoms with van der Waals surface area (Å²) in [4.78, 5) is 45.3. The average molecular weight is 455 g/mol. The Hall–Kier alpha value is -3.75. The standard InChI is InChI=1S/C24H23F2N3O4/c1-12(2)33-23(32)15-10-29(22(31)13-5-7-16(25)17(26)9-13)11-24(3,4)19-14-6-8-18(30)27-21(14)28-20(15)19/h5-10,12H,11H2,1-4H3,(H2,27,28,30). The summed E-state index contributed by atoms with van der Waals surface area (Å²) in [6.45, 7) is 7.31. The molecule has 0 saturated carbocycles. The van der Waals surface area contributed by atoms with Gasteiger partial charge >= 0.3 is 5.97 Å². The first kappa shape index (κ1) is 22.4. The molecule has 1 amide bonds. The van der Waals surface area contributed by atoms with Crippen molar-refractivity contribution in [3.05, 3.63) is 75.3 Å². The van der Waals surface area contributed by atoms with E-state index in [0.29, 0.717) is 16.7 Å². The van der Waals surface area contributed by atoms with E-state index in [2.05, 4.69) is 9.97 Å². The van der Waals surface area contributed by atoms with Gasteiger partial charge in [0.2, 0.25) is 5.56 Å².